The molecule has 2 unspecified atom stereocenters. The minimum atomic E-state index is 0.0338. The van der Waals surface area contributed by atoms with E-state index in [2.05, 4.69) is 6.92 Å². The van der Waals surface area contributed by atoms with Crippen molar-refractivity contribution in [3.8, 4) is 11.5 Å². The van der Waals surface area contributed by atoms with Gasteiger partial charge in [-0.15, -0.1) is 0 Å². The maximum atomic E-state index is 7.67. The molecule has 1 aromatic rings. The fourth-order valence-corrected chi connectivity index (χ4v) is 2.91. The highest BCUT2D eigenvalue weighted by atomic mass is 16.5. The topological polar surface area (TPSA) is 68.3 Å². The van der Waals surface area contributed by atoms with E-state index in [1.54, 1.807) is 13.2 Å². The summed E-state index contributed by atoms with van der Waals surface area (Å²) in [5.74, 6) is 2.03. The van der Waals surface area contributed by atoms with Gasteiger partial charge >= 0.3 is 0 Å². The molecule has 1 aliphatic carbocycles. The molecule has 0 spiro atoms. The van der Waals surface area contributed by atoms with Gasteiger partial charge in [0.15, 0.2) is 0 Å². The van der Waals surface area contributed by atoms with E-state index in [0.29, 0.717) is 17.2 Å². The van der Waals surface area contributed by atoms with E-state index in [4.69, 9.17) is 20.6 Å². The summed E-state index contributed by atoms with van der Waals surface area (Å²) in [5, 5.41) is 7.67. The molecular formula is C16H24N2O2. The maximum absolute atomic E-state index is 7.67. The van der Waals surface area contributed by atoms with Crippen molar-refractivity contribution in [1.82, 2.24) is 0 Å². The normalized spacial score (nSPS) is 22.3. The molecule has 0 saturated heterocycles. The largest absolute Gasteiger partial charge is 0.497 e. The molecule has 110 valence electrons. The highest BCUT2D eigenvalue weighted by molar-refractivity contribution is 5.97. The van der Waals surface area contributed by atoms with Crippen LogP contribution in [0.4, 0.5) is 0 Å². The zero-order chi connectivity index (χ0) is 14.5. The van der Waals surface area contributed by atoms with Crippen LogP contribution in [-0.2, 0) is 0 Å². The van der Waals surface area contributed by atoms with Crippen LogP contribution in [0.2, 0.25) is 0 Å². The molecule has 4 heteroatoms. The van der Waals surface area contributed by atoms with E-state index in [-0.39, 0.29) is 11.9 Å². The molecule has 0 aromatic heterocycles. The molecule has 2 atom stereocenters. The first-order chi connectivity index (χ1) is 9.65. The first kappa shape index (κ1) is 14.7. The second-order valence-corrected chi connectivity index (χ2v) is 5.38. The van der Waals surface area contributed by atoms with Crippen LogP contribution in [0.25, 0.3) is 0 Å². The Labute approximate surface area is 120 Å². The Morgan fingerprint density at radius 2 is 2.10 bits per heavy atom. The second-order valence-electron chi connectivity index (χ2n) is 5.38. The van der Waals surface area contributed by atoms with Crippen LogP contribution in [0.5, 0.6) is 11.5 Å². The fraction of sp³-hybridized carbons (Fsp3) is 0.562. The Kier molecular flexibility index (Phi) is 4.88. The molecule has 4 nitrogen and oxygen atoms in total. The fourth-order valence-electron chi connectivity index (χ4n) is 2.91. The average Bonchev–Trinajstić information content (AvgIpc) is 2.47. The van der Waals surface area contributed by atoms with Gasteiger partial charge in [-0.25, -0.2) is 0 Å². The van der Waals surface area contributed by atoms with Crippen molar-refractivity contribution >= 4 is 5.84 Å². The molecule has 2 rings (SSSR count). The van der Waals surface area contributed by atoms with Gasteiger partial charge < -0.3 is 15.2 Å². The second kappa shape index (κ2) is 6.64. The van der Waals surface area contributed by atoms with Gasteiger partial charge in [0.1, 0.15) is 23.4 Å². The monoisotopic (exact) mass is 276 g/mol. The molecule has 0 aliphatic heterocycles. The van der Waals surface area contributed by atoms with Crippen LogP contribution in [0.3, 0.4) is 0 Å². The molecule has 0 heterocycles. The summed E-state index contributed by atoms with van der Waals surface area (Å²) in [5.41, 5.74) is 6.29. The number of hydrogen-bond donors (Lipinski definition) is 2. The van der Waals surface area contributed by atoms with Crippen molar-refractivity contribution in [3.05, 3.63) is 23.8 Å². The van der Waals surface area contributed by atoms with Crippen molar-refractivity contribution < 1.29 is 9.47 Å². The maximum Gasteiger partial charge on any atom is 0.134 e. The van der Waals surface area contributed by atoms with Crippen LogP contribution >= 0.6 is 0 Å². The van der Waals surface area contributed by atoms with Crippen molar-refractivity contribution in [1.29, 1.82) is 5.41 Å². The molecule has 1 saturated carbocycles. The molecule has 0 radical (unpaired) electrons. The number of benzene rings is 1. The van der Waals surface area contributed by atoms with Crippen molar-refractivity contribution in [2.75, 3.05) is 7.11 Å². The highest BCUT2D eigenvalue weighted by Crippen LogP contribution is 2.33. The molecule has 0 amide bonds. The van der Waals surface area contributed by atoms with Gasteiger partial charge in [-0.1, -0.05) is 13.3 Å². The van der Waals surface area contributed by atoms with Crippen molar-refractivity contribution in [2.45, 2.75) is 45.1 Å². The minimum absolute atomic E-state index is 0.0338. The number of nitrogens with one attached hydrogen (secondary N) is 1. The van der Waals surface area contributed by atoms with E-state index < -0.39 is 0 Å². The molecule has 0 bridgehead atoms. The van der Waals surface area contributed by atoms with Gasteiger partial charge in [-0.3, -0.25) is 5.41 Å². The van der Waals surface area contributed by atoms with Crippen LogP contribution in [0, 0.1) is 11.3 Å². The van der Waals surface area contributed by atoms with E-state index >= 15 is 0 Å². The van der Waals surface area contributed by atoms with E-state index in [9.17, 15) is 0 Å². The summed E-state index contributed by atoms with van der Waals surface area (Å²) in [6, 6.07) is 5.43. The molecule has 3 N–H and O–H groups in total. The number of nitrogens with two attached hydrogens (primary N) is 1. The number of ether oxygens (including phenoxy) is 2. The van der Waals surface area contributed by atoms with E-state index in [1.807, 2.05) is 12.1 Å². The molecule has 1 aliphatic rings. The zero-order valence-electron chi connectivity index (χ0n) is 12.3. The Balaban J connectivity index is 2.23. The van der Waals surface area contributed by atoms with E-state index in [0.717, 1.165) is 18.6 Å². The standard InChI is InChI=1S/C16H24N2O2/c1-3-11-6-4-5-7-14(11)20-15-10-12(19-2)8-9-13(15)16(17)18/h8-11,14H,3-7H2,1-2H3,(H3,17,18). The molecule has 1 aromatic carbocycles. The summed E-state index contributed by atoms with van der Waals surface area (Å²) in [7, 11) is 1.63. The van der Waals surface area contributed by atoms with E-state index in [1.165, 1.54) is 19.3 Å². The van der Waals surface area contributed by atoms with Crippen LogP contribution in [0.1, 0.15) is 44.6 Å². The Morgan fingerprint density at radius 1 is 1.35 bits per heavy atom. The van der Waals surface area contributed by atoms with Gasteiger partial charge in [-0.2, -0.15) is 0 Å². The first-order valence-corrected chi connectivity index (χ1v) is 7.34. The third-order valence-electron chi connectivity index (χ3n) is 4.12. The van der Waals surface area contributed by atoms with Crippen LogP contribution < -0.4 is 15.2 Å². The lowest BCUT2D eigenvalue weighted by Crippen LogP contribution is -2.30. The third kappa shape index (κ3) is 3.24. The summed E-state index contributed by atoms with van der Waals surface area (Å²) in [6.07, 6.45) is 6.15. The SMILES string of the molecule is CCC1CCCCC1Oc1cc(OC)ccc1C(=N)N. The average molecular weight is 276 g/mol. The van der Waals surface area contributed by atoms with Gasteiger partial charge in [0, 0.05) is 6.07 Å². The number of nitrogen functional groups attached to an aromatic ring is 1. The Bertz CT molecular complexity index is 474. The molecular weight excluding hydrogens is 252 g/mol. The molecule has 20 heavy (non-hydrogen) atoms. The number of hydrogen-bond acceptors (Lipinski definition) is 3. The number of methoxy groups -OCH3 is 1. The summed E-state index contributed by atoms with van der Waals surface area (Å²) in [6.45, 7) is 2.21. The zero-order valence-corrected chi connectivity index (χ0v) is 12.3. The Hall–Kier alpha value is -1.71. The lowest BCUT2D eigenvalue weighted by Gasteiger charge is -2.31. The molecule has 1 fully saturated rings. The summed E-state index contributed by atoms with van der Waals surface area (Å²) < 4.78 is 11.4. The van der Waals surface area contributed by atoms with Gasteiger partial charge in [0.2, 0.25) is 0 Å². The summed E-state index contributed by atoms with van der Waals surface area (Å²) in [4.78, 5) is 0. The van der Waals surface area contributed by atoms with Crippen LogP contribution in [-0.4, -0.2) is 19.0 Å². The highest BCUT2D eigenvalue weighted by Gasteiger charge is 2.26. The van der Waals surface area contributed by atoms with Crippen molar-refractivity contribution in [2.24, 2.45) is 11.7 Å². The van der Waals surface area contributed by atoms with Crippen molar-refractivity contribution in [3.63, 3.8) is 0 Å². The van der Waals surface area contributed by atoms with Gasteiger partial charge in [0.05, 0.1) is 12.7 Å². The smallest absolute Gasteiger partial charge is 0.134 e. The predicted octanol–water partition coefficient (Wildman–Crippen LogP) is 3.33. The third-order valence-corrected chi connectivity index (χ3v) is 4.12. The number of rotatable bonds is 5. The van der Waals surface area contributed by atoms with Crippen LogP contribution in [0.15, 0.2) is 18.2 Å². The minimum Gasteiger partial charge on any atom is -0.497 e. The van der Waals surface area contributed by atoms with Gasteiger partial charge in [0.25, 0.3) is 0 Å². The van der Waals surface area contributed by atoms with Gasteiger partial charge in [-0.05, 0) is 43.7 Å². The number of amidine groups is 1. The quantitative estimate of drug-likeness (QED) is 0.640. The summed E-state index contributed by atoms with van der Waals surface area (Å²) >= 11 is 0. The first-order valence-electron chi connectivity index (χ1n) is 7.34. The predicted molar refractivity (Wildman–Crippen MR) is 80.7 cm³/mol. The lowest BCUT2D eigenvalue weighted by atomic mass is 9.84. The Morgan fingerprint density at radius 3 is 2.75 bits per heavy atom. The lowest BCUT2D eigenvalue weighted by molar-refractivity contribution is 0.0899.